The summed E-state index contributed by atoms with van der Waals surface area (Å²) in [5.74, 6) is 0.222. The van der Waals surface area contributed by atoms with Gasteiger partial charge in [-0.3, -0.25) is 9.48 Å². The Morgan fingerprint density at radius 1 is 1.63 bits per heavy atom. The number of hydrogen-bond acceptors (Lipinski definition) is 3. The molecule has 0 spiro atoms. The number of Topliss-reactive ketones (excluding diaryl/α,β-unsaturated/α-hetero) is 1. The number of carbonyl (C=O) groups is 1. The fraction of sp³-hybridized carbons (Fsp3) is 0.714. The second kappa shape index (κ2) is 5.75. The van der Waals surface area contributed by atoms with Crippen LogP contribution in [0.5, 0.6) is 0 Å². The van der Waals surface area contributed by atoms with E-state index < -0.39 is 0 Å². The summed E-state index contributed by atoms with van der Waals surface area (Å²) in [6.07, 6.45) is 4.62. The molecule has 1 saturated heterocycles. The van der Waals surface area contributed by atoms with Gasteiger partial charge in [-0.1, -0.05) is 6.92 Å². The first-order valence-corrected chi connectivity index (χ1v) is 7.79. The first-order chi connectivity index (χ1) is 9.02. The van der Waals surface area contributed by atoms with Crippen molar-refractivity contribution < 1.29 is 4.79 Å². The van der Waals surface area contributed by atoms with Gasteiger partial charge in [0.25, 0.3) is 0 Å². The molecule has 1 aromatic heterocycles. The van der Waals surface area contributed by atoms with Crippen molar-refractivity contribution in [2.45, 2.75) is 46.1 Å². The molecular weight excluding hydrogens is 306 g/mol. The number of nitrogens with zero attached hydrogens (tertiary/aromatic N) is 2. The summed E-state index contributed by atoms with van der Waals surface area (Å²) >= 11 is 3.48. The molecule has 2 rings (SSSR count). The van der Waals surface area contributed by atoms with Gasteiger partial charge in [-0.2, -0.15) is 5.10 Å². The minimum Gasteiger partial charge on any atom is -0.316 e. The van der Waals surface area contributed by atoms with Crippen LogP contribution < -0.4 is 5.32 Å². The quantitative estimate of drug-likeness (QED) is 0.864. The van der Waals surface area contributed by atoms with E-state index in [9.17, 15) is 4.79 Å². The van der Waals surface area contributed by atoms with Gasteiger partial charge in [-0.25, -0.2) is 0 Å². The fourth-order valence-corrected chi connectivity index (χ4v) is 3.27. The van der Waals surface area contributed by atoms with Crippen molar-refractivity contribution in [3.8, 4) is 0 Å². The van der Waals surface area contributed by atoms with Gasteiger partial charge in [0.1, 0.15) is 5.69 Å². The highest BCUT2D eigenvalue weighted by atomic mass is 79.9. The third-order valence-electron chi connectivity index (χ3n) is 4.09. The predicted octanol–water partition coefficient (Wildman–Crippen LogP) is 3.19. The Labute approximate surface area is 123 Å². The molecule has 0 bridgehead atoms. The molecule has 0 aromatic carbocycles. The van der Waals surface area contributed by atoms with Crippen LogP contribution in [0.2, 0.25) is 0 Å². The molecule has 4 nitrogen and oxygen atoms in total. The van der Waals surface area contributed by atoms with Crippen LogP contribution in [-0.4, -0.2) is 28.7 Å². The minimum atomic E-state index is -0.270. The number of nitrogens with one attached hydrogen (secondary N) is 1. The Hall–Kier alpha value is -0.680. The molecule has 2 heterocycles. The van der Waals surface area contributed by atoms with Crippen molar-refractivity contribution in [3.63, 3.8) is 0 Å². The lowest BCUT2D eigenvalue weighted by Crippen LogP contribution is -2.46. The average molecular weight is 328 g/mol. The number of halogens is 1. The lowest BCUT2D eigenvalue weighted by molar-refractivity contribution is 0.0715. The Morgan fingerprint density at radius 3 is 2.89 bits per heavy atom. The molecule has 106 valence electrons. The van der Waals surface area contributed by atoms with E-state index in [1.54, 1.807) is 6.20 Å². The van der Waals surface area contributed by atoms with Gasteiger partial charge < -0.3 is 5.32 Å². The number of carbonyl (C=O) groups excluding carboxylic acids is 1. The van der Waals surface area contributed by atoms with Gasteiger partial charge in [-0.05, 0) is 55.6 Å². The lowest BCUT2D eigenvalue weighted by atomic mass is 9.74. The standard InChI is InChI=1S/C14H22BrN3O/c1-4-14(6-5-7-16-9-14)13(19)12-11(15)8-17-18(12)10(2)3/h8,10,16H,4-7,9H2,1-3H3. The summed E-state index contributed by atoms with van der Waals surface area (Å²) < 4.78 is 2.64. The van der Waals surface area contributed by atoms with Crippen molar-refractivity contribution in [2.75, 3.05) is 13.1 Å². The Bertz CT molecular complexity index is 461. The van der Waals surface area contributed by atoms with Gasteiger partial charge in [0.05, 0.1) is 10.7 Å². The summed E-state index contributed by atoms with van der Waals surface area (Å²) in [5, 5.41) is 7.70. The molecule has 19 heavy (non-hydrogen) atoms. The molecule has 1 atom stereocenters. The topological polar surface area (TPSA) is 46.9 Å². The highest BCUT2D eigenvalue weighted by Crippen LogP contribution is 2.36. The Morgan fingerprint density at radius 2 is 2.37 bits per heavy atom. The lowest BCUT2D eigenvalue weighted by Gasteiger charge is -2.35. The smallest absolute Gasteiger partial charge is 0.189 e. The fourth-order valence-electron chi connectivity index (χ4n) is 2.82. The molecule has 1 unspecified atom stereocenters. The normalized spacial score (nSPS) is 23.8. The van der Waals surface area contributed by atoms with E-state index in [2.05, 4.69) is 33.3 Å². The van der Waals surface area contributed by atoms with Crippen molar-refractivity contribution >= 4 is 21.7 Å². The molecule has 5 heteroatoms. The number of rotatable bonds is 4. The molecule has 1 N–H and O–H groups in total. The zero-order valence-corrected chi connectivity index (χ0v) is 13.5. The van der Waals surface area contributed by atoms with Crippen molar-refractivity contribution in [3.05, 3.63) is 16.4 Å². The molecule has 0 saturated carbocycles. The number of aromatic nitrogens is 2. The van der Waals surface area contributed by atoms with E-state index in [-0.39, 0.29) is 17.2 Å². The van der Waals surface area contributed by atoms with Crippen LogP contribution in [0.15, 0.2) is 10.7 Å². The summed E-state index contributed by atoms with van der Waals surface area (Å²) in [5.41, 5.74) is 0.452. The molecule has 0 radical (unpaired) electrons. The Balaban J connectivity index is 2.40. The maximum atomic E-state index is 13.0. The molecule has 0 aliphatic carbocycles. The number of piperidine rings is 1. The number of hydrogen-bond donors (Lipinski definition) is 1. The van der Waals surface area contributed by atoms with Gasteiger partial charge in [0.2, 0.25) is 0 Å². The van der Waals surface area contributed by atoms with Crippen molar-refractivity contribution in [1.29, 1.82) is 0 Å². The van der Waals surface area contributed by atoms with Gasteiger partial charge in [-0.15, -0.1) is 0 Å². The van der Waals surface area contributed by atoms with Crippen LogP contribution >= 0.6 is 15.9 Å². The van der Waals surface area contributed by atoms with Crippen LogP contribution in [0.4, 0.5) is 0 Å². The summed E-state index contributed by atoms with van der Waals surface area (Å²) in [7, 11) is 0. The van der Waals surface area contributed by atoms with Gasteiger partial charge >= 0.3 is 0 Å². The second-order valence-electron chi connectivity index (χ2n) is 5.62. The summed E-state index contributed by atoms with van der Waals surface area (Å²) in [4.78, 5) is 13.0. The maximum Gasteiger partial charge on any atom is 0.189 e. The third kappa shape index (κ3) is 2.63. The summed E-state index contributed by atoms with van der Waals surface area (Å²) in [6, 6.07) is 0.190. The molecule has 1 fully saturated rings. The molecule has 0 amide bonds. The van der Waals surface area contributed by atoms with E-state index in [1.807, 2.05) is 18.5 Å². The predicted molar refractivity (Wildman–Crippen MR) is 79.5 cm³/mol. The average Bonchev–Trinajstić information content (AvgIpc) is 2.80. The zero-order valence-electron chi connectivity index (χ0n) is 11.9. The highest BCUT2D eigenvalue weighted by Gasteiger charge is 2.40. The van der Waals surface area contributed by atoms with E-state index in [1.165, 1.54) is 0 Å². The highest BCUT2D eigenvalue weighted by molar-refractivity contribution is 9.10. The van der Waals surface area contributed by atoms with Crippen molar-refractivity contribution in [2.24, 2.45) is 5.41 Å². The van der Waals surface area contributed by atoms with Crippen LogP contribution in [0.3, 0.4) is 0 Å². The molecule has 1 aliphatic rings. The van der Waals surface area contributed by atoms with Crippen LogP contribution in [0.1, 0.15) is 56.6 Å². The Kier molecular flexibility index (Phi) is 4.46. The minimum absolute atomic E-state index is 0.190. The van der Waals surface area contributed by atoms with E-state index in [4.69, 9.17) is 0 Å². The van der Waals surface area contributed by atoms with E-state index >= 15 is 0 Å². The number of ketones is 1. The zero-order chi connectivity index (χ0) is 14.0. The largest absolute Gasteiger partial charge is 0.316 e. The first-order valence-electron chi connectivity index (χ1n) is 7.00. The summed E-state index contributed by atoms with van der Waals surface area (Å²) in [6.45, 7) is 7.99. The van der Waals surface area contributed by atoms with Crippen LogP contribution in [-0.2, 0) is 0 Å². The molecule has 1 aliphatic heterocycles. The van der Waals surface area contributed by atoms with Crippen LogP contribution in [0, 0.1) is 5.41 Å². The molecular formula is C14H22BrN3O. The van der Waals surface area contributed by atoms with Gasteiger partial charge in [0.15, 0.2) is 5.78 Å². The molecule has 1 aromatic rings. The van der Waals surface area contributed by atoms with Gasteiger partial charge in [0, 0.05) is 18.0 Å². The monoisotopic (exact) mass is 327 g/mol. The second-order valence-corrected chi connectivity index (χ2v) is 6.48. The third-order valence-corrected chi connectivity index (χ3v) is 4.67. The van der Waals surface area contributed by atoms with E-state index in [0.29, 0.717) is 0 Å². The maximum absolute atomic E-state index is 13.0. The SMILES string of the molecule is CCC1(C(=O)c2c(Br)cnn2C(C)C)CCCNC1. The van der Waals surface area contributed by atoms with Crippen LogP contribution in [0.25, 0.3) is 0 Å². The van der Waals surface area contributed by atoms with Crippen molar-refractivity contribution in [1.82, 2.24) is 15.1 Å². The van der Waals surface area contributed by atoms with E-state index in [0.717, 1.165) is 42.5 Å². The first kappa shape index (κ1) is 14.7.